The number of aliphatic hydroxyl groups is 2. The number of hydrogen-bond acceptors (Lipinski definition) is 6. The maximum absolute atomic E-state index is 9.98. The van der Waals surface area contributed by atoms with Crippen LogP contribution in [0.15, 0.2) is 12.4 Å². The van der Waals surface area contributed by atoms with E-state index in [0.717, 1.165) is 31.5 Å². The maximum Gasteiger partial charge on any atom is 0.241 e. The monoisotopic (exact) mass is 294 g/mol. The van der Waals surface area contributed by atoms with Gasteiger partial charge in [-0.2, -0.15) is 4.98 Å². The predicted molar refractivity (Wildman–Crippen MR) is 79.1 cm³/mol. The Morgan fingerprint density at radius 1 is 1.14 bits per heavy atom. The molecule has 2 aromatic heterocycles. The molecule has 0 spiro atoms. The van der Waals surface area contributed by atoms with E-state index in [1.54, 1.807) is 16.8 Å². The minimum atomic E-state index is -0.119. The van der Waals surface area contributed by atoms with Crippen LogP contribution in [0.3, 0.4) is 0 Å². The summed E-state index contributed by atoms with van der Waals surface area (Å²) in [5, 5.41) is 27.9. The lowest BCUT2D eigenvalue weighted by molar-refractivity contribution is 0.268. The van der Waals surface area contributed by atoms with Gasteiger partial charge in [-0.05, 0) is 25.7 Å². The molecule has 1 atom stereocenters. The van der Waals surface area contributed by atoms with Crippen LogP contribution in [0.2, 0.25) is 0 Å². The number of rotatable bonds is 8. The first kappa shape index (κ1) is 15.5. The van der Waals surface area contributed by atoms with E-state index >= 15 is 0 Å². The average Bonchev–Trinajstić information content (AvgIpc) is 2.81. The van der Waals surface area contributed by atoms with Crippen molar-refractivity contribution in [2.24, 2.45) is 0 Å². The number of anilines is 1. The highest BCUT2D eigenvalue weighted by molar-refractivity contribution is 5.72. The largest absolute Gasteiger partial charge is 0.492 e. The third-order valence-electron chi connectivity index (χ3n) is 3.63. The molecule has 2 aromatic rings. The fraction of sp³-hybridized carbons (Fsp3) is 0.571. The zero-order valence-corrected chi connectivity index (χ0v) is 11.9. The number of hydrogen-bond donors (Lipinski definition) is 4. The standard InChI is InChI=1S/C14H22N4O3/c15-12-11-14(21)17-13(18(11)7-6-16-12)10(5-3-9-20)4-1-2-8-19/h6-7,10,19-21H,1-5,8-9H2,(H2,15,16)/t10-/m0/s1. The molecule has 0 aliphatic rings. The van der Waals surface area contributed by atoms with Crippen molar-refractivity contribution in [1.29, 1.82) is 0 Å². The van der Waals surface area contributed by atoms with E-state index in [0.29, 0.717) is 11.9 Å². The molecule has 21 heavy (non-hydrogen) atoms. The molecule has 0 bridgehead atoms. The summed E-state index contributed by atoms with van der Waals surface area (Å²) in [7, 11) is 0. The van der Waals surface area contributed by atoms with Crippen LogP contribution in [0, 0.1) is 0 Å². The molecule has 0 unspecified atom stereocenters. The SMILES string of the molecule is Nc1nccn2c([C@H](CCCO)CCCCO)nc(O)c12. The first-order valence-corrected chi connectivity index (χ1v) is 7.22. The molecule has 0 saturated carbocycles. The van der Waals surface area contributed by atoms with Crippen LogP contribution < -0.4 is 5.73 Å². The minimum absolute atomic E-state index is 0.0962. The van der Waals surface area contributed by atoms with E-state index in [1.807, 2.05) is 0 Å². The quantitative estimate of drug-likeness (QED) is 0.540. The van der Waals surface area contributed by atoms with Gasteiger partial charge in [0.25, 0.3) is 0 Å². The van der Waals surface area contributed by atoms with Crippen LogP contribution in [-0.4, -0.2) is 42.9 Å². The number of aromatic nitrogens is 3. The molecule has 0 saturated heterocycles. The molecular formula is C14H22N4O3. The Morgan fingerprint density at radius 3 is 2.57 bits per heavy atom. The first-order chi connectivity index (χ1) is 10.2. The molecule has 0 radical (unpaired) electrons. The fourth-order valence-electron chi connectivity index (χ4n) is 2.60. The highest BCUT2D eigenvalue weighted by atomic mass is 16.3. The molecule has 0 aliphatic heterocycles. The van der Waals surface area contributed by atoms with E-state index < -0.39 is 0 Å². The van der Waals surface area contributed by atoms with Crippen LogP contribution in [0.4, 0.5) is 5.82 Å². The summed E-state index contributed by atoms with van der Waals surface area (Å²) in [6.07, 6.45) is 7.16. The number of aliphatic hydroxyl groups excluding tert-OH is 2. The van der Waals surface area contributed by atoms with E-state index in [9.17, 15) is 5.11 Å². The van der Waals surface area contributed by atoms with Crippen LogP contribution in [0.25, 0.3) is 5.52 Å². The van der Waals surface area contributed by atoms with Gasteiger partial charge in [-0.1, -0.05) is 6.42 Å². The summed E-state index contributed by atoms with van der Waals surface area (Å²) in [5.74, 6) is 0.943. The van der Waals surface area contributed by atoms with Crippen molar-refractivity contribution in [2.75, 3.05) is 18.9 Å². The second kappa shape index (κ2) is 7.24. The highest BCUT2D eigenvalue weighted by Crippen LogP contribution is 2.32. The molecule has 2 rings (SSSR count). The number of imidazole rings is 1. The normalized spacial score (nSPS) is 12.9. The number of unbranched alkanes of at least 4 members (excludes halogenated alkanes) is 1. The topological polar surface area (TPSA) is 117 Å². The Labute approximate surface area is 123 Å². The number of aromatic hydroxyl groups is 1. The van der Waals surface area contributed by atoms with Crippen molar-refractivity contribution >= 4 is 11.3 Å². The number of nitrogens with two attached hydrogens (primary N) is 1. The van der Waals surface area contributed by atoms with Gasteiger partial charge in [0, 0.05) is 31.5 Å². The third-order valence-corrected chi connectivity index (χ3v) is 3.63. The van der Waals surface area contributed by atoms with Crippen LogP contribution in [0.5, 0.6) is 5.88 Å². The second-order valence-corrected chi connectivity index (χ2v) is 5.11. The Morgan fingerprint density at radius 2 is 1.86 bits per heavy atom. The smallest absolute Gasteiger partial charge is 0.241 e. The maximum atomic E-state index is 9.98. The summed E-state index contributed by atoms with van der Waals surface area (Å²) in [6, 6.07) is 0. The Bertz CT molecular complexity index is 585. The Kier molecular flexibility index (Phi) is 5.35. The van der Waals surface area contributed by atoms with E-state index in [4.69, 9.17) is 15.9 Å². The second-order valence-electron chi connectivity index (χ2n) is 5.11. The number of nitrogens with zero attached hydrogens (tertiary/aromatic N) is 3. The van der Waals surface area contributed by atoms with Gasteiger partial charge in [0.1, 0.15) is 5.82 Å². The van der Waals surface area contributed by atoms with Gasteiger partial charge in [-0.3, -0.25) is 4.40 Å². The van der Waals surface area contributed by atoms with Crippen LogP contribution >= 0.6 is 0 Å². The van der Waals surface area contributed by atoms with Crippen molar-refractivity contribution in [3.63, 3.8) is 0 Å². The lowest BCUT2D eigenvalue weighted by atomic mass is 9.96. The molecule has 7 nitrogen and oxygen atoms in total. The van der Waals surface area contributed by atoms with E-state index in [2.05, 4.69) is 9.97 Å². The van der Waals surface area contributed by atoms with Crippen molar-refractivity contribution in [2.45, 2.75) is 38.0 Å². The molecule has 5 N–H and O–H groups in total. The Balaban J connectivity index is 2.32. The average molecular weight is 294 g/mol. The fourth-order valence-corrected chi connectivity index (χ4v) is 2.60. The lowest BCUT2D eigenvalue weighted by Gasteiger charge is -2.15. The molecule has 116 valence electrons. The van der Waals surface area contributed by atoms with Crippen LogP contribution in [0.1, 0.15) is 43.8 Å². The van der Waals surface area contributed by atoms with Crippen molar-refractivity contribution in [1.82, 2.24) is 14.4 Å². The third kappa shape index (κ3) is 3.43. The summed E-state index contributed by atoms with van der Waals surface area (Å²) >= 11 is 0. The number of fused-ring (bicyclic) bond motifs is 1. The molecule has 0 aromatic carbocycles. The van der Waals surface area contributed by atoms with E-state index in [-0.39, 0.29) is 30.8 Å². The molecule has 0 fully saturated rings. The zero-order valence-electron chi connectivity index (χ0n) is 11.9. The molecule has 0 amide bonds. The van der Waals surface area contributed by atoms with Gasteiger partial charge >= 0.3 is 0 Å². The summed E-state index contributed by atoms with van der Waals surface area (Å²) in [5.41, 5.74) is 6.21. The van der Waals surface area contributed by atoms with Gasteiger partial charge in [-0.25, -0.2) is 4.98 Å². The molecule has 7 heteroatoms. The summed E-state index contributed by atoms with van der Waals surface area (Å²) < 4.78 is 1.76. The van der Waals surface area contributed by atoms with Gasteiger partial charge in [0.15, 0.2) is 11.3 Å². The van der Waals surface area contributed by atoms with Crippen molar-refractivity contribution < 1.29 is 15.3 Å². The summed E-state index contributed by atoms with van der Waals surface area (Å²) in [6.45, 7) is 0.284. The lowest BCUT2D eigenvalue weighted by Crippen LogP contribution is -2.07. The van der Waals surface area contributed by atoms with Crippen LogP contribution in [-0.2, 0) is 0 Å². The molecule has 2 heterocycles. The van der Waals surface area contributed by atoms with Crippen molar-refractivity contribution in [3.05, 3.63) is 18.2 Å². The summed E-state index contributed by atoms with van der Waals surface area (Å²) in [4.78, 5) is 8.20. The molecule has 0 aliphatic carbocycles. The first-order valence-electron chi connectivity index (χ1n) is 7.22. The van der Waals surface area contributed by atoms with Gasteiger partial charge < -0.3 is 21.1 Å². The number of nitrogen functional groups attached to an aromatic ring is 1. The van der Waals surface area contributed by atoms with Gasteiger partial charge in [0.05, 0.1) is 0 Å². The molecular weight excluding hydrogens is 272 g/mol. The highest BCUT2D eigenvalue weighted by Gasteiger charge is 2.21. The minimum Gasteiger partial charge on any atom is -0.492 e. The van der Waals surface area contributed by atoms with Gasteiger partial charge in [-0.15, -0.1) is 0 Å². The Hall–Kier alpha value is -1.86. The van der Waals surface area contributed by atoms with Gasteiger partial charge in [0.2, 0.25) is 5.88 Å². The predicted octanol–water partition coefficient (Wildman–Crippen LogP) is 1.04. The van der Waals surface area contributed by atoms with Crippen molar-refractivity contribution in [3.8, 4) is 5.88 Å². The van der Waals surface area contributed by atoms with E-state index in [1.165, 1.54) is 0 Å². The zero-order chi connectivity index (χ0) is 15.2.